The van der Waals surface area contributed by atoms with E-state index in [1.54, 1.807) is 24.3 Å². The minimum atomic E-state index is -3.46. The van der Waals surface area contributed by atoms with Gasteiger partial charge in [-0.1, -0.05) is 64.5 Å². The van der Waals surface area contributed by atoms with Gasteiger partial charge in [-0.15, -0.1) is 0 Å². The van der Waals surface area contributed by atoms with Gasteiger partial charge in [0.05, 0.1) is 17.0 Å². The number of anilines is 1. The molecular formula is C22H19BrFNO3S. The predicted molar refractivity (Wildman–Crippen MR) is 116 cm³/mol. The van der Waals surface area contributed by atoms with Crippen LogP contribution in [0, 0.1) is 5.82 Å². The molecule has 0 atom stereocenters. The lowest BCUT2D eigenvalue weighted by Gasteiger charge is -2.12. The zero-order chi connectivity index (χ0) is 21.0. The smallest absolute Gasteiger partial charge is 0.228 e. The molecule has 150 valence electrons. The number of carbonyl (C=O) groups excluding carboxylic acids is 1. The van der Waals surface area contributed by atoms with Crippen molar-refractivity contribution in [1.29, 1.82) is 0 Å². The van der Waals surface area contributed by atoms with E-state index in [2.05, 4.69) is 21.2 Å². The summed E-state index contributed by atoms with van der Waals surface area (Å²) >= 11 is 3.39. The normalized spacial score (nSPS) is 11.3. The van der Waals surface area contributed by atoms with Crippen molar-refractivity contribution in [2.24, 2.45) is 0 Å². The summed E-state index contributed by atoms with van der Waals surface area (Å²) in [5.41, 5.74) is 2.74. The Hall–Kier alpha value is -2.51. The lowest BCUT2D eigenvalue weighted by atomic mass is 10.0. The van der Waals surface area contributed by atoms with Crippen molar-refractivity contribution >= 4 is 37.4 Å². The summed E-state index contributed by atoms with van der Waals surface area (Å²) in [6.45, 7) is 0. The fraction of sp³-hybridized carbons (Fsp3) is 0.136. The van der Waals surface area contributed by atoms with Crippen molar-refractivity contribution < 1.29 is 17.6 Å². The molecule has 0 unspecified atom stereocenters. The number of carbonyl (C=O) groups is 1. The second-order valence-electron chi connectivity index (χ2n) is 6.59. The summed E-state index contributed by atoms with van der Waals surface area (Å²) in [7, 11) is -3.46. The van der Waals surface area contributed by atoms with Gasteiger partial charge >= 0.3 is 0 Å². The molecule has 1 N–H and O–H groups in total. The SMILES string of the molecule is CS(=O)(=O)c1ccccc1-c1ccc(NC(=O)Cc2ccccc2CBr)c(F)c1. The lowest BCUT2D eigenvalue weighted by Crippen LogP contribution is -2.16. The molecule has 0 saturated carbocycles. The summed E-state index contributed by atoms with van der Waals surface area (Å²) in [6, 6.07) is 18.2. The monoisotopic (exact) mass is 475 g/mol. The van der Waals surface area contributed by atoms with Gasteiger partial charge in [-0.05, 0) is 34.9 Å². The van der Waals surface area contributed by atoms with Crippen LogP contribution in [0.5, 0.6) is 0 Å². The van der Waals surface area contributed by atoms with Crippen LogP contribution in [-0.4, -0.2) is 20.6 Å². The maximum absolute atomic E-state index is 14.6. The van der Waals surface area contributed by atoms with Gasteiger partial charge in [0, 0.05) is 17.1 Å². The van der Waals surface area contributed by atoms with E-state index in [1.807, 2.05) is 24.3 Å². The first-order valence-electron chi connectivity index (χ1n) is 8.81. The Labute approximate surface area is 177 Å². The van der Waals surface area contributed by atoms with Crippen molar-refractivity contribution in [3.05, 3.63) is 83.7 Å². The maximum atomic E-state index is 14.6. The third kappa shape index (κ3) is 5.10. The van der Waals surface area contributed by atoms with Crippen LogP contribution in [0.1, 0.15) is 11.1 Å². The summed E-state index contributed by atoms with van der Waals surface area (Å²) in [4.78, 5) is 12.5. The highest BCUT2D eigenvalue weighted by Gasteiger charge is 2.16. The van der Waals surface area contributed by atoms with Crippen LogP contribution in [0.3, 0.4) is 0 Å². The Kier molecular flexibility index (Phi) is 6.49. The zero-order valence-corrected chi connectivity index (χ0v) is 18.1. The molecule has 0 saturated heterocycles. The fourth-order valence-electron chi connectivity index (χ4n) is 3.04. The molecule has 0 heterocycles. The molecule has 0 spiro atoms. The molecule has 3 aromatic rings. The van der Waals surface area contributed by atoms with Crippen LogP contribution in [0.25, 0.3) is 11.1 Å². The van der Waals surface area contributed by atoms with Crippen LogP contribution in [0.2, 0.25) is 0 Å². The van der Waals surface area contributed by atoms with Crippen LogP contribution >= 0.6 is 15.9 Å². The van der Waals surface area contributed by atoms with E-state index in [-0.39, 0.29) is 22.9 Å². The van der Waals surface area contributed by atoms with Crippen molar-refractivity contribution in [3.8, 4) is 11.1 Å². The molecule has 0 bridgehead atoms. The molecule has 3 aromatic carbocycles. The number of sulfone groups is 1. The van der Waals surface area contributed by atoms with Crippen molar-refractivity contribution in [2.75, 3.05) is 11.6 Å². The van der Waals surface area contributed by atoms with Gasteiger partial charge in [0.15, 0.2) is 9.84 Å². The molecule has 0 aliphatic heterocycles. The Balaban J connectivity index is 1.83. The first kappa shape index (κ1) is 21.2. The second-order valence-corrected chi connectivity index (χ2v) is 9.14. The van der Waals surface area contributed by atoms with Gasteiger partial charge in [-0.2, -0.15) is 0 Å². The Morgan fingerprint density at radius 1 is 1.00 bits per heavy atom. The van der Waals surface area contributed by atoms with E-state index in [0.717, 1.165) is 17.4 Å². The van der Waals surface area contributed by atoms with Gasteiger partial charge in [0.1, 0.15) is 5.82 Å². The number of amides is 1. The molecule has 3 rings (SSSR count). The lowest BCUT2D eigenvalue weighted by molar-refractivity contribution is -0.115. The van der Waals surface area contributed by atoms with Gasteiger partial charge in [-0.25, -0.2) is 12.8 Å². The summed E-state index contributed by atoms with van der Waals surface area (Å²) in [6.07, 6.45) is 1.24. The van der Waals surface area contributed by atoms with E-state index >= 15 is 0 Å². The first-order chi connectivity index (χ1) is 13.8. The van der Waals surface area contributed by atoms with Crippen LogP contribution in [0.15, 0.2) is 71.6 Å². The van der Waals surface area contributed by atoms with Crippen molar-refractivity contribution in [2.45, 2.75) is 16.6 Å². The average molecular weight is 476 g/mol. The highest BCUT2D eigenvalue weighted by Crippen LogP contribution is 2.30. The van der Waals surface area contributed by atoms with Gasteiger partial charge in [-0.3, -0.25) is 4.79 Å². The predicted octanol–water partition coefficient (Wildman–Crippen LogP) is 4.97. The Morgan fingerprint density at radius 3 is 2.31 bits per heavy atom. The number of alkyl halides is 1. The summed E-state index contributed by atoms with van der Waals surface area (Å²) < 4.78 is 38.6. The molecule has 1 amide bonds. The standard InChI is InChI=1S/C22H19BrFNO3S/c1-29(27,28)21-9-5-4-8-18(21)16-10-11-20(19(24)12-16)25-22(26)13-15-6-2-3-7-17(15)14-23/h2-12H,13-14H2,1H3,(H,25,26). The summed E-state index contributed by atoms with van der Waals surface area (Å²) in [5, 5.41) is 3.21. The largest absolute Gasteiger partial charge is 0.323 e. The summed E-state index contributed by atoms with van der Waals surface area (Å²) in [5.74, 6) is -0.963. The van der Waals surface area contributed by atoms with Crippen LogP contribution < -0.4 is 5.32 Å². The molecule has 0 aliphatic rings. The number of hydrogen-bond acceptors (Lipinski definition) is 3. The molecule has 29 heavy (non-hydrogen) atoms. The molecule has 0 fully saturated rings. The van der Waals surface area contributed by atoms with E-state index < -0.39 is 15.7 Å². The van der Waals surface area contributed by atoms with E-state index in [0.29, 0.717) is 16.5 Å². The third-order valence-electron chi connectivity index (χ3n) is 4.45. The fourth-order valence-corrected chi connectivity index (χ4v) is 4.50. The molecule has 0 aromatic heterocycles. The van der Waals surface area contributed by atoms with Crippen LogP contribution in [-0.2, 0) is 26.4 Å². The number of benzene rings is 3. The first-order valence-corrected chi connectivity index (χ1v) is 11.8. The molecular weight excluding hydrogens is 457 g/mol. The van der Waals surface area contributed by atoms with E-state index in [4.69, 9.17) is 0 Å². The topological polar surface area (TPSA) is 63.2 Å². The van der Waals surface area contributed by atoms with Gasteiger partial charge < -0.3 is 5.32 Å². The minimum Gasteiger partial charge on any atom is -0.323 e. The van der Waals surface area contributed by atoms with Gasteiger partial charge in [0.2, 0.25) is 5.91 Å². The van der Waals surface area contributed by atoms with Gasteiger partial charge in [0.25, 0.3) is 0 Å². The highest BCUT2D eigenvalue weighted by molar-refractivity contribution is 9.08. The molecule has 7 heteroatoms. The molecule has 4 nitrogen and oxygen atoms in total. The van der Waals surface area contributed by atoms with Crippen LogP contribution in [0.4, 0.5) is 10.1 Å². The average Bonchev–Trinajstić information content (AvgIpc) is 2.69. The highest BCUT2D eigenvalue weighted by atomic mass is 79.9. The molecule has 0 aliphatic carbocycles. The molecule has 0 radical (unpaired) electrons. The van der Waals surface area contributed by atoms with E-state index in [1.165, 1.54) is 18.2 Å². The van der Waals surface area contributed by atoms with Crippen molar-refractivity contribution in [1.82, 2.24) is 0 Å². The minimum absolute atomic E-state index is 0.0481. The zero-order valence-electron chi connectivity index (χ0n) is 15.7. The Morgan fingerprint density at radius 2 is 1.66 bits per heavy atom. The van der Waals surface area contributed by atoms with Crippen molar-refractivity contribution in [3.63, 3.8) is 0 Å². The van der Waals surface area contributed by atoms with E-state index in [9.17, 15) is 17.6 Å². The number of halogens is 2. The maximum Gasteiger partial charge on any atom is 0.228 e. The number of rotatable bonds is 6. The number of nitrogens with one attached hydrogen (secondary N) is 1. The third-order valence-corrected chi connectivity index (χ3v) is 6.21. The number of hydrogen-bond donors (Lipinski definition) is 1. The second kappa shape index (κ2) is 8.88. The quantitative estimate of drug-likeness (QED) is 0.511. The Bertz CT molecular complexity index is 1160.